The van der Waals surface area contributed by atoms with Gasteiger partial charge in [-0.3, -0.25) is 19.0 Å². The maximum Gasteiger partial charge on any atom is 0.435 e. The third-order valence-electron chi connectivity index (χ3n) is 9.75. The number of rotatable bonds is 12. The molecular formula is C39H32ClF10N7O3S2. The van der Waals surface area contributed by atoms with Crippen molar-refractivity contribution in [2.24, 2.45) is 0 Å². The molecule has 5 aromatic rings. The standard InChI is InChI=1S/C39H32ClF10N7O3S2/c1-36(2,62(4)60)11-9-23-5-6-24(25-7-8-27(40)30-32(25)56(18-38(45,46)47)54-35(30)57(19-58)61-3)31(51-23)28(15-20-13-21(41)16-22(42)14-20)52-29(59)17-55-34-26(10-12-37(34,43)44)33(53-55)39(48,49)50/h5-8,13-14,16,19,28H,10,12,15,17-18H2,1-4H3,(H,52,59). The van der Waals surface area contributed by atoms with Gasteiger partial charge in [-0.2, -0.15) is 45.3 Å². The van der Waals surface area contributed by atoms with Gasteiger partial charge < -0.3 is 9.87 Å². The van der Waals surface area contributed by atoms with Gasteiger partial charge in [0.15, 0.2) is 16.3 Å². The quantitative estimate of drug-likeness (QED) is 0.0437. The molecule has 0 saturated carbocycles. The predicted molar refractivity (Wildman–Crippen MR) is 212 cm³/mol. The Bertz CT molecular complexity index is 2600. The highest BCUT2D eigenvalue weighted by atomic mass is 35.5. The number of aromatic nitrogens is 5. The molecule has 0 bridgehead atoms. The van der Waals surface area contributed by atoms with E-state index in [4.69, 9.17) is 11.6 Å². The lowest BCUT2D eigenvalue weighted by Gasteiger charge is -2.23. The highest BCUT2D eigenvalue weighted by Crippen LogP contribution is 2.47. The number of alkyl halides is 8. The normalized spacial score (nSPS) is 14.9. The number of halogens is 11. The number of benzene rings is 2. The lowest BCUT2D eigenvalue weighted by atomic mass is 9.93. The van der Waals surface area contributed by atoms with Gasteiger partial charge in [0.25, 0.3) is 5.92 Å². The SMILES string of the molecule is CSN(C=O)c1nn(CC(F)(F)F)c2c(-c3ccc(C#CC(C)(C)[S+](C)[O-])nc3C(Cc3cc(F)cc(F)c3)NC(=O)Cn3nc(C(F)(F)F)c4c3C(F)(F)CC4)ccc(Cl)c12. The Morgan fingerprint density at radius 1 is 1.06 bits per heavy atom. The van der Waals surface area contributed by atoms with Gasteiger partial charge in [0, 0.05) is 35.4 Å². The largest absolute Gasteiger partial charge is 0.615 e. The Balaban J connectivity index is 1.60. The molecule has 0 fully saturated rings. The van der Waals surface area contributed by atoms with Crippen molar-refractivity contribution in [2.45, 2.75) is 75.3 Å². The summed E-state index contributed by atoms with van der Waals surface area (Å²) in [6.07, 6.45) is -9.12. The van der Waals surface area contributed by atoms with Crippen LogP contribution in [-0.4, -0.2) is 64.8 Å². The molecule has 0 spiro atoms. The van der Waals surface area contributed by atoms with E-state index in [1.54, 1.807) is 13.8 Å². The molecule has 1 aliphatic rings. The molecule has 3 aromatic heterocycles. The molecule has 6 rings (SSSR count). The van der Waals surface area contributed by atoms with Gasteiger partial charge in [-0.15, -0.1) is 0 Å². The number of hydrogen-bond acceptors (Lipinski definition) is 7. The van der Waals surface area contributed by atoms with Crippen molar-refractivity contribution >= 4 is 63.8 Å². The van der Waals surface area contributed by atoms with Gasteiger partial charge in [-0.1, -0.05) is 17.7 Å². The van der Waals surface area contributed by atoms with E-state index in [1.807, 2.05) is 0 Å². The first kappa shape index (κ1) is 46.5. The van der Waals surface area contributed by atoms with Gasteiger partial charge >= 0.3 is 12.4 Å². The van der Waals surface area contributed by atoms with Gasteiger partial charge in [-0.25, -0.2) is 18.1 Å². The van der Waals surface area contributed by atoms with Crippen LogP contribution in [0.4, 0.5) is 49.7 Å². The number of nitrogens with one attached hydrogen (secondary N) is 1. The fourth-order valence-electron chi connectivity index (χ4n) is 6.87. The van der Waals surface area contributed by atoms with Crippen LogP contribution >= 0.6 is 23.5 Å². The van der Waals surface area contributed by atoms with Crippen LogP contribution in [0.25, 0.3) is 22.0 Å². The Hall–Kier alpha value is -4.98. The molecule has 330 valence electrons. The molecule has 0 saturated heterocycles. The number of carbonyl (C=O) groups is 2. The highest BCUT2D eigenvalue weighted by molar-refractivity contribution is 8.00. The number of hydrogen-bond donors (Lipinski definition) is 1. The highest BCUT2D eigenvalue weighted by Gasteiger charge is 2.50. The summed E-state index contributed by atoms with van der Waals surface area (Å²) >= 11 is 5.86. The third kappa shape index (κ3) is 9.80. The second-order valence-corrected chi connectivity index (χ2v) is 17.6. The average molecular weight is 936 g/mol. The maximum absolute atomic E-state index is 15.0. The molecule has 0 aliphatic heterocycles. The van der Waals surface area contributed by atoms with E-state index in [9.17, 15) is 49.3 Å². The number of pyridine rings is 1. The summed E-state index contributed by atoms with van der Waals surface area (Å²) in [4.78, 5) is 30.6. The topological polar surface area (TPSA) is 121 Å². The van der Waals surface area contributed by atoms with E-state index >= 15 is 8.78 Å². The Labute approximate surface area is 358 Å². The summed E-state index contributed by atoms with van der Waals surface area (Å²) in [6.45, 7) is 0.215. The molecule has 2 unspecified atom stereocenters. The van der Waals surface area contributed by atoms with E-state index in [0.29, 0.717) is 17.2 Å². The molecule has 10 nitrogen and oxygen atoms in total. The van der Waals surface area contributed by atoms with Crippen LogP contribution in [0.2, 0.25) is 5.02 Å². The molecular weight excluding hydrogens is 904 g/mol. The summed E-state index contributed by atoms with van der Waals surface area (Å²) < 4.78 is 157. The fourth-order valence-corrected chi connectivity index (χ4v) is 7.68. The third-order valence-corrected chi connectivity index (χ3v) is 12.3. The number of anilines is 1. The van der Waals surface area contributed by atoms with Gasteiger partial charge in [0.05, 0.1) is 33.9 Å². The second-order valence-electron chi connectivity index (χ2n) is 14.5. The Morgan fingerprint density at radius 2 is 1.73 bits per heavy atom. The van der Waals surface area contributed by atoms with Crippen molar-refractivity contribution in [3.63, 3.8) is 0 Å². The molecule has 3 heterocycles. The minimum absolute atomic E-state index is 0.0692. The lowest BCUT2D eigenvalue weighted by molar-refractivity contribution is -0.143. The van der Waals surface area contributed by atoms with Gasteiger partial charge in [0.2, 0.25) is 12.3 Å². The van der Waals surface area contributed by atoms with Crippen molar-refractivity contribution in [1.82, 2.24) is 29.9 Å². The first-order valence-electron chi connectivity index (χ1n) is 18.1. The molecule has 2 amide bonds. The molecule has 2 aromatic carbocycles. The zero-order chi connectivity index (χ0) is 45.7. The molecule has 0 radical (unpaired) electrons. The van der Waals surface area contributed by atoms with E-state index < -0.39 is 107 Å². The summed E-state index contributed by atoms with van der Waals surface area (Å²) in [5, 5.41) is 9.65. The van der Waals surface area contributed by atoms with Crippen LogP contribution in [0.15, 0.2) is 42.5 Å². The summed E-state index contributed by atoms with van der Waals surface area (Å²) in [5.41, 5.74) is -4.40. The number of fused-ring (bicyclic) bond motifs is 2. The Kier molecular flexibility index (Phi) is 13.0. The predicted octanol–water partition coefficient (Wildman–Crippen LogP) is 8.70. The first-order chi connectivity index (χ1) is 28.8. The minimum atomic E-state index is -5.16. The minimum Gasteiger partial charge on any atom is -0.615 e. The van der Waals surface area contributed by atoms with Crippen LogP contribution < -0.4 is 9.62 Å². The zero-order valence-electron chi connectivity index (χ0n) is 32.6. The molecule has 23 heteroatoms. The van der Waals surface area contributed by atoms with Crippen LogP contribution in [0, 0.1) is 23.5 Å². The Morgan fingerprint density at radius 3 is 2.32 bits per heavy atom. The molecule has 62 heavy (non-hydrogen) atoms. The number of amides is 2. The van der Waals surface area contributed by atoms with Crippen LogP contribution in [0.1, 0.15) is 60.2 Å². The summed E-state index contributed by atoms with van der Waals surface area (Å²) in [6, 6.07) is 5.98. The van der Waals surface area contributed by atoms with Crippen molar-refractivity contribution in [1.29, 1.82) is 0 Å². The van der Waals surface area contributed by atoms with E-state index in [1.165, 1.54) is 36.8 Å². The lowest BCUT2D eigenvalue weighted by Crippen LogP contribution is -2.35. The average Bonchev–Trinajstić information content (AvgIpc) is 3.82. The fraction of sp³-hybridized carbons (Fsp3) is 0.359. The van der Waals surface area contributed by atoms with Crippen LogP contribution in [0.5, 0.6) is 0 Å². The van der Waals surface area contributed by atoms with Gasteiger partial charge in [-0.05, 0) is 97.5 Å². The van der Waals surface area contributed by atoms with Crippen molar-refractivity contribution in [3.8, 4) is 23.0 Å². The van der Waals surface area contributed by atoms with Crippen LogP contribution in [0.3, 0.4) is 0 Å². The van der Waals surface area contributed by atoms with Crippen molar-refractivity contribution < 1.29 is 58.0 Å². The van der Waals surface area contributed by atoms with E-state index in [0.717, 1.165) is 28.4 Å². The summed E-state index contributed by atoms with van der Waals surface area (Å²) in [5.74, 6) is -1.84. The van der Waals surface area contributed by atoms with E-state index in [-0.39, 0.29) is 54.5 Å². The zero-order valence-corrected chi connectivity index (χ0v) is 35.0. The smallest absolute Gasteiger partial charge is 0.435 e. The summed E-state index contributed by atoms with van der Waals surface area (Å²) in [7, 11) is 0. The monoisotopic (exact) mass is 935 g/mol. The second kappa shape index (κ2) is 17.3. The van der Waals surface area contributed by atoms with Crippen molar-refractivity contribution in [3.05, 3.63) is 93.0 Å². The molecule has 1 N–H and O–H groups in total. The number of nitrogens with zero attached hydrogens (tertiary/aromatic N) is 6. The first-order valence-corrected chi connectivity index (χ1v) is 21.2. The molecule has 1 aliphatic carbocycles. The van der Waals surface area contributed by atoms with Gasteiger partial charge in [0.1, 0.15) is 36.1 Å². The maximum atomic E-state index is 15.0. The van der Waals surface area contributed by atoms with Crippen molar-refractivity contribution in [2.75, 3.05) is 16.8 Å². The molecule has 2 atom stereocenters. The number of carbonyl (C=O) groups excluding carboxylic acids is 2. The van der Waals surface area contributed by atoms with E-state index in [2.05, 4.69) is 32.3 Å². The van der Waals surface area contributed by atoms with Crippen LogP contribution in [-0.2, 0) is 58.8 Å².